The number of hydrogen-bond acceptors (Lipinski definition) is 6. The summed E-state index contributed by atoms with van der Waals surface area (Å²) in [7, 11) is 0. The lowest BCUT2D eigenvalue weighted by atomic mass is 9.85. The number of carbonyl (C=O) groups excluding carboxylic acids is 3. The van der Waals surface area contributed by atoms with Crippen LogP contribution < -0.4 is 10.1 Å². The van der Waals surface area contributed by atoms with E-state index in [0.717, 1.165) is 37.8 Å². The number of amides is 3. The van der Waals surface area contributed by atoms with E-state index in [0.29, 0.717) is 45.0 Å². The number of rotatable bonds is 6. The van der Waals surface area contributed by atoms with E-state index in [9.17, 15) is 27.6 Å². The van der Waals surface area contributed by atoms with Crippen molar-refractivity contribution in [2.75, 3.05) is 44.7 Å². The van der Waals surface area contributed by atoms with Crippen molar-refractivity contribution in [3.05, 3.63) is 24.3 Å². The number of ether oxygens (including phenoxy) is 1. The molecule has 2 aliphatic heterocycles. The second-order valence-electron chi connectivity index (χ2n) is 8.95. The molecule has 1 aromatic rings. The highest BCUT2D eigenvalue weighted by atomic mass is 19.4. The number of halogens is 3. The summed E-state index contributed by atoms with van der Waals surface area (Å²) in [6.45, 7) is 2.90. The molecule has 3 aliphatic rings. The van der Waals surface area contributed by atoms with Crippen LogP contribution in [0.1, 0.15) is 32.1 Å². The first-order chi connectivity index (χ1) is 15.6. The number of piperazine rings is 1. The van der Waals surface area contributed by atoms with Crippen molar-refractivity contribution < 1.29 is 32.3 Å². The molecule has 4 rings (SSSR count). The largest absolute Gasteiger partial charge is 0.573 e. The van der Waals surface area contributed by atoms with Gasteiger partial charge in [0.05, 0.1) is 18.6 Å². The summed E-state index contributed by atoms with van der Waals surface area (Å²) < 4.78 is 40.5. The standard InChI is InChI=1S/C22H27F3N4O4/c23-22(24,25)33-17-5-3-16(4-6-17)26-18(30)14-27-9-11-28(12-10-27)15-29-19(31)13-21(20(29)32)7-1-2-8-21/h3-6H,1-2,7-15H2,(H,26,30). The van der Waals surface area contributed by atoms with E-state index >= 15 is 0 Å². The lowest BCUT2D eigenvalue weighted by Gasteiger charge is -2.36. The average molecular weight is 468 g/mol. The lowest BCUT2D eigenvalue weighted by molar-refractivity contribution is -0.274. The highest BCUT2D eigenvalue weighted by Gasteiger charge is 2.52. The topological polar surface area (TPSA) is 82.2 Å². The van der Waals surface area contributed by atoms with Crippen molar-refractivity contribution in [1.82, 2.24) is 14.7 Å². The monoisotopic (exact) mass is 468 g/mol. The van der Waals surface area contributed by atoms with Crippen LogP contribution in [0.5, 0.6) is 5.75 Å². The van der Waals surface area contributed by atoms with Gasteiger partial charge in [-0.2, -0.15) is 0 Å². The molecular formula is C22H27F3N4O4. The van der Waals surface area contributed by atoms with Gasteiger partial charge >= 0.3 is 6.36 Å². The van der Waals surface area contributed by atoms with E-state index in [1.807, 2.05) is 4.90 Å². The zero-order valence-corrected chi connectivity index (χ0v) is 18.2. The Morgan fingerprint density at radius 1 is 1.00 bits per heavy atom. The van der Waals surface area contributed by atoms with Gasteiger partial charge in [-0.15, -0.1) is 13.2 Å². The van der Waals surface area contributed by atoms with E-state index in [1.165, 1.54) is 17.0 Å². The Labute approximate surface area is 189 Å². The zero-order valence-electron chi connectivity index (χ0n) is 18.2. The van der Waals surface area contributed by atoms with E-state index in [2.05, 4.69) is 15.0 Å². The first kappa shape index (κ1) is 23.5. The quantitative estimate of drug-likeness (QED) is 0.646. The van der Waals surface area contributed by atoms with E-state index in [4.69, 9.17) is 0 Å². The number of nitrogens with one attached hydrogen (secondary N) is 1. The van der Waals surface area contributed by atoms with E-state index in [1.54, 1.807) is 0 Å². The SMILES string of the molecule is O=C(CN1CCN(CN2C(=O)CC3(CCCC3)C2=O)CC1)Nc1ccc(OC(F)(F)F)cc1. The molecule has 8 nitrogen and oxygen atoms in total. The van der Waals surface area contributed by atoms with Gasteiger partial charge in [0.25, 0.3) is 0 Å². The molecule has 180 valence electrons. The fraction of sp³-hybridized carbons (Fsp3) is 0.591. The summed E-state index contributed by atoms with van der Waals surface area (Å²) in [6, 6.07) is 4.97. The molecule has 0 radical (unpaired) electrons. The molecule has 2 heterocycles. The number of benzene rings is 1. The minimum Gasteiger partial charge on any atom is -0.406 e. The summed E-state index contributed by atoms with van der Waals surface area (Å²) in [5, 5.41) is 2.66. The van der Waals surface area contributed by atoms with Gasteiger partial charge in [-0.3, -0.25) is 29.1 Å². The summed E-state index contributed by atoms with van der Waals surface area (Å²) in [6.07, 6.45) is -0.836. The fourth-order valence-electron chi connectivity index (χ4n) is 4.88. The summed E-state index contributed by atoms with van der Waals surface area (Å²) >= 11 is 0. The average Bonchev–Trinajstić information content (AvgIpc) is 3.30. The first-order valence-corrected chi connectivity index (χ1v) is 11.1. The van der Waals surface area contributed by atoms with Crippen molar-refractivity contribution >= 4 is 23.4 Å². The van der Waals surface area contributed by atoms with Crippen LogP contribution in [0.15, 0.2) is 24.3 Å². The van der Waals surface area contributed by atoms with Crippen LogP contribution in [0.3, 0.4) is 0 Å². The molecule has 0 unspecified atom stereocenters. The summed E-state index contributed by atoms with van der Waals surface area (Å²) in [5.74, 6) is -0.750. The van der Waals surface area contributed by atoms with Crippen LogP contribution in [0, 0.1) is 5.41 Å². The normalized spacial score (nSPS) is 21.7. The highest BCUT2D eigenvalue weighted by Crippen LogP contribution is 2.46. The van der Waals surface area contributed by atoms with Crippen molar-refractivity contribution in [3.8, 4) is 5.75 Å². The van der Waals surface area contributed by atoms with Crippen molar-refractivity contribution in [2.24, 2.45) is 5.41 Å². The first-order valence-electron chi connectivity index (χ1n) is 11.1. The number of carbonyl (C=O) groups is 3. The van der Waals surface area contributed by atoms with Crippen LogP contribution in [0.25, 0.3) is 0 Å². The number of likely N-dealkylation sites (tertiary alicyclic amines) is 1. The summed E-state index contributed by atoms with van der Waals surface area (Å²) in [4.78, 5) is 43.0. The molecule has 1 aliphatic carbocycles. The van der Waals surface area contributed by atoms with Crippen molar-refractivity contribution in [1.29, 1.82) is 0 Å². The van der Waals surface area contributed by atoms with Gasteiger partial charge in [-0.05, 0) is 37.1 Å². The third-order valence-corrected chi connectivity index (χ3v) is 6.60. The highest BCUT2D eigenvalue weighted by molar-refractivity contribution is 6.06. The van der Waals surface area contributed by atoms with Crippen LogP contribution in [-0.4, -0.2) is 78.2 Å². The Hall–Kier alpha value is -2.66. The Morgan fingerprint density at radius 3 is 2.21 bits per heavy atom. The molecular weight excluding hydrogens is 441 g/mol. The Morgan fingerprint density at radius 2 is 1.61 bits per heavy atom. The Kier molecular flexibility index (Phi) is 6.62. The number of imide groups is 1. The van der Waals surface area contributed by atoms with Gasteiger partial charge in [0, 0.05) is 38.3 Å². The van der Waals surface area contributed by atoms with Crippen molar-refractivity contribution in [3.63, 3.8) is 0 Å². The van der Waals surface area contributed by atoms with Crippen molar-refractivity contribution in [2.45, 2.75) is 38.5 Å². The number of hydrogen-bond donors (Lipinski definition) is 1. The van der Waals surface area contributed by atoms with Crippen LogP contribution >= 0.6 is 0 Å². The maximum Gasteiger partial charge on any atom is 0.573 e. The smallest absolute Gasteiger partial charge is 0.406 e. The minimum absolute atomic E-state index is 0.0292. The molecule has 33 heavy (non-hydrogen) atoms. The van der Waals surface area contributed by atoms with E-state index in [-0.39, 0.29) is 30.0 Å². The van der Waals surface area contributed by atoms with Gasteiger partial charge in [0.2, 0.25) is 17.7 Å². The molecule has 1 aromatic carbocycles. The molecule has 11 heteroatoms. The lowest BCUT2D eigenvalue weighted by Crippen LogP contribution is -2.52. The molecule has 3 fully saturated rings. The molecule has 2 saturated heterocycles. The second kappa shape index (κ2) is 9.30. The number of anilines is 1. The van der Waals surface area contributed by atoms with Gasteiger partial charge < -0.3 is 10.1 Å². The molecule has 1 N–H and O–H groups in total. The third kappa shape index (κ3) is 5.64. The predicted octanol–water partition coefficient (Wildman–Crippen LogP) is 2.42. The Bertz CT molecular complexity index is 892. The maximum absolute atomic E-state index is 12.8. The molecule has 0 atom stereocenters. The predicted molar refractivity (Wildman–Crippen MR) is 112 cm³/mol. The maximum atomic E-state index is 12.8. The zero-order chi connectivity index (χ0) is 23.6. The van der Waals surface area contributed by atoms with Crippen LogP contribution in [0.2, 0.25) is 0 Å². The second-order valence-corrected chi connectivity index (χ2v) is 8.95. The molecule has 0 aromatic heterocycles. The molecule has 3 amide bonds. The van der Waals surface area contributed by atoms with Crippen LogP contribution in [0.4, 0.5) is 18.9 Å². The van der Waals surface area contributed by atoms with Gasteiger partial charge in [0.1, 0.15) is 5.75 Å². The molecule has 1 spiro atoms. The number of alkyl halides is 3. The Balaban J connectivity index is 1.21. The molecule has 1 saturated carbocycles. The molecule has 0 bridgehead atoms. The summed E-state index contributed by atoms with van der Waals surface area (Å²) in [5.41, 5.74) is -0.0892. The fourth-order valence-corrected chi connectivity index (χ4v) is 4.88. The third-order valence-electron chi connectivity index (χ3n) is 6.60. The minimum atomic E-state index is -4.76. The number of nitrogens with zero attached hydrogens (tertiary/aromatic N) is 3. The van der Waals surface area contributed by atoms with Crippen LogP contribution in [-0.2, 0) is 14.4 Å². The van der Waals surface area contributed by atoms with Gasteiger partial charge in [-0.1, -0.05) is 12.8 Å². The van der Waals surface area contributed by atoms with Gasteiger partial charge in [-0.25, -0.2) is 0 Å². The van der Waals surface area contributed by atoms with E-state index < -0.39 is 11.8 Å². The van der Waals surface area contributed by atoms with Gasteiger partial charge in [0.15, 0.2) is 0 Å².